The minimum atomic E-state index is 0.316. The van der Waals surface area contributed by atoms with Crippen LogP contribution >= 0.6 is 0 Å². The molecule has 2 rings (SSSR count). The second-order valence-electron chi connectivity index (χ2n) is 4.65. The Balaban J connectivity index is 1.68. The summed E-state index contributed by atoms with van der Waals surface area (Å²) < 4.78 is 5.67. The maximum atomic E-state index is 9.15. The second kappa shape index (κ2) is 6.62. The van der Waals surface area contributed by atoms with Crippen LogP contribution in [0.3, 0.4) is 0 Å². The molecule has 3 nitrogen and oxygen atoms in total. The molecule has 17 heavy (non-hydrogen) atoms. The Bertz CT molecular complexity index is 315. The molecule has 0 saturated carbocycles. The van der Waals surface area contributed by atoms with E-state index in [1.807, 2.05) is 30.3 Å². The number of nitrogens with zero attached hydrogens (tertiary/aromatic N) is 1. The molecule has 1 aliphatic heterocycles. The third kappa shape index (κ3) is 4.02. The number of rotatable bonds is 5. The summed E-state index contributed by atoms with van der Waals surface area (Å²) in [6.07, 6.45) is 2.35. The van der Waals surface area contributed by atoms with Crippen molar-refractivity contribution in [2.75, 3.05) is 32.8 Å². The van der Waals surface area contributed by atoms with Crippen LogP contribution in [0.25, 0.3) is 0 Å². The lowest BCUT2D eigenvalue weighted by Crippen LogP contribution is -2.39. The molecule has 0 aliphatic carbocycles. The van der Waals surface area contributed by atoms with Crippen molar-refractivity contribution in [2.24, 2.45) is 5.92 Å². The minimum absolute atomic E-state index is 0.316. The molecule has 1 fully saturated rings. The first-order valence-electron chi connectivity index (χ1n) is 6.39. The van der Waals surface area contributed by atoms with Gasteiger partial charge in [-0.25, -0.2) is 0 Å². The Labute approximate surface area is 103 Å². The SMILES string of the molecule is OC[C@@H]1CCCN(CCOc2ccccc2)C1. The summed E-state index contributed by atoms with van der Waals surface area (Å²) in [7, 11) is 0. The maximum Gasteiger partial charge on any atom is 0.119 e. The number of aliphatic hydroxyl groups is 1. The maximum absolute atomic E-state index is 9.15. The van der Waals surface area contributed by atoms with Gasteiger partial charge >= 0.3 is 0 Å². The lowest BCUT2D eigenvalue weighted by molar-refractivity contribution is 0.107. The van der Waals surface area contributed by atoms with Gasteiger partial charge in [-0.05, 0) is 37.4 Å². The van der Waals surface area contributed by atoms with Gasteiger partial charge in [0.15, 0.2) is 0 Å². The molecule has 94 valence electrons. The first-order chi connectivity index (χ1) is 8.38. The minimum Gasteiger partial charge on any atom is -0.492 e. The molecule has 0 unspecified atom stereocenters. The number of hydrogen-bond donors (Lipinski definition) is 1. The summed E-state index contributed by atoms with van der Waals surface area (Å²) in [5.74, 6) is 1.39. The molecular weight excluding hydrogens is 214 g/mol. The van der Waals surface area contributed by atoms with E-state index in [-0.39, 0.29) is 0 Å². The largest absolute Gasteiger partial charge is 0.492 e. The van der Waals surface area contributed by atoms with E-state index in [1.165, 1.54) is 6.42 Å². The van der Waals surface area contributed by atoms with Crippen molar-refractivity contribution in [2.45, 2.75) is 12.8 Å². The third-order valence-corrected chi connectivity index (χ3v) is 3.28. The highest BCUT2D eigenvalue weighted by Gasteiger charge is 2.18. The van der Waals surface area contributed by atoms with E-state index < -0.39 is 0 Å². The van der Waals surface area contributed by atoms with Crippen LogP contribution in [0.4, 0.5) is 0 Å². The monoisotopic (exact) mass is 235 g/mol. The van der Waals surface area contributed by atoms with Gasteiger partial charge in [0, 0.05) is 19.7 Å². The van der Waals surface area contributed by atoms with E-state index in [0.717, 1.165) is 38.4 Å². The summed E-state index contributed by atoms with van der Waals surface area (Å²) in [6.45, 7) is 4.13. The van der Waals surface area contributed by atoms with Gasteiger partial charge < -0.3 is 9.84 Å². The molecule has 1 N–H and O–H groups in total. The van der Waals surface area contributed by atoms with Crippen LogP contribution < -0.4 is 4.74 Å². The highest BCUT2D eigenvalue weighted by Crippen LogP contribution is 2.15. The van der Waals surface area contributed by atoms with E-state index in [1.54, 1.807) is 0 Å². The smallest absolute Gasteiger partial charge is 0.119 e. The van der Waals surface area contributed by atoms with Gasteiger partial charge in [-0.2, -0.15) is 0 Å². The number of piperidine rings is 1. The number of benzene rings is 1. The van der Waals surface area contributed by atoms with E-state index in [4.69, 9.17) is 9.84 Å². The molecule has 0 bridgehead atoms. The van der Waals surface area contributed by atoms with Crippen molar-refractivity contribution in [1.29, 1.82) is 0 Å². The Morgan fingerprint density at radius 1 is 1.29 bits per heavy atom. The van der Waals surface area contributed by atoms with Gasteiger partial charge in [-0.15, -0.1) is 0 Å². The molecule has 1 aromatic rings. The average Bonchev–Trinajstić information content (AvgIpc) is 2.40. The van der Waals surface area contributed by atoms with Gasteiger partial charge in [-0.3, -0.25) is 4.90 Å². The summed E-state index contributed by atoms with van der Waals surface area (Å²) in [6, 6.07) is 9.92. The fraction of sp³-hybridized carbons (Fsp3) is 0.571. The fourth-order valence-corrected chi connectivity index (χ4v) is 2.31. The molecule has 1 aliphatic rings. The summed E-state index contributed by atoms with van der Waals surface area (Å²) >= 11 is 0. The number of likely N-dealkylation sites (tertiary alicyclic amines) is 1. The van der Waals surface area contributed by atoms with Crippen molar-refractivity contribution in [3.05, 3.63) is 30.3 Å². The summed E-state index contributed by atoms with van der Waals surface area (Å²) in [5.41, 5.74) is 0. The molecule has 1 aromatic carbocycles. The number of aliphatic hydroxyl groups excluding tert-OH is 1. The van der Waals surface area contributed by atoms with Crippen LogP contribution in [0.15, 0.2) is 30.3 Å². The summed E-state index contributed by atoms with van der Waals surface area (Å²) in [5, 5.41) is 9.15. The fourth-order valence-electron chi connectivity index (χ4n) is 2.31. The average molecular weight is 235 g/mol. The highest BCUT2D eigenvalue weighted by molar-refractivity contribution is 5.20. The zero-order valence-corrected chi connectivity index (χ0v) is 10.2. The molecule has 1 heterocycles. The van der Waals surface area contributed by atoms with Crippen LogP contribution in [0, 0.1) is 5.92 Å². The highest BCUT2D eigenvalue weighted by atomic mass is 16.5. The lowest BCUT2D eigenvalue weighted by Gasteiger charge is -2.31. The standard InChI is InChI=1S/C14H21NO2/c16-12-13-5-4-8-15(11-13)9-10-17-14-6-2-1-3-7-14/h1-3,6-7,13,16H,4-5,8-12H2/t13-/m1/s1. The zero-order valence-electron chi connectivity index (χ0n) is 10.2. The predicted octanol–water partition coefficient (Wildman–Crippen LogP) is 1.77. The third-order valence-electron chi connectivity index (χ3n) is 3.28. The Morgan fingerprint density at radius 2 is 2.12 bits per heavy atom. The van der Waals surface area contributed by atoms with Crippen LogP contribution in [0.5, 0.6) is 5.75 Å². The molecule has 0 spiro atoms. The Morgan fingerprint density at radius 3 is 2.88 bits per heavy atom. The predicted molar refractivity (Wildman–Crippen MR) is 68.2 cm³/mol. The van der Waals surface area contributed by atoms with Crippen molar-refractivity contribution in [3.63, 3.8) is 0 Å². The van der Waals surface area contributed by atoms with Gasteiger partial charge in [-0.1, -0.05) is 18.2 Å². The molecule has 1 saturated heterocycles. The molecule has 3 heteroatoms. The van der Waals surface area contributed by atoms with E-state index in [0.29, 0.717) is 12.5 Å². The molecule has 0 radical (unpaired) electrons. The van der Waals surface area contributed by atoms with E-state index >= 15 is 0 Å². The number of ether oxygens (including phenoxy) is 1. The van der Waals surface area contributed by atoms with Gasteiger partial charge in [0.05, 0.1) is 0 Å². The van der Waals surface area contributed by atoms with Gasteiger partial charge in [0.25, 0.3) is 0 Å². The van der Waals surface area contributed by atoms with Crippen molar-refractivity contribution in [1.82, 2.24) is 4.90 Å². The van der Waals surface area contributed by atoms with Crippen molar-refractivity contribution in [3.8, 4) is 5.75 Å². The quantitative estimate of drug-likeness (QED) is 0.844. The normalized spacial score (nSPS) is 21.4. The van der Waals surface area contributed by atoms with Crippen molar-refractivity contribution < 1.29 is 9.84 Å². The molecule has 0 aromatic heterocycles. The van der Waals surface area contributed by atoms with Crippen LogP contribution in [-0.4, -0.2) is 42.9 Å². The topological polar surface area (TPSA) is 32.7 Å². The zero-order chi connectivity index (χ0) is 11.9. The molecule has 1 atom stereocenters. The number of hydrogen-bond acceptors (Lipinski definition) is 3. The second-order valence-corrected chi connectivity index (χ2v) is 4.65. The van der Waals surface area contributed by atoms with Crippen molar-refractivity contribution >= 4 is 0 Å². The van der Waals surface area contributed by atoms with E-state index in [2.05, 4.69) is 4.90 Å². The van der Waals surface area contributed by atoms with E-state index in [9.17, 15) is 0 Å². The Kier molecular flexibility index (Phi) is 4.83. The lowest BCUT2D eigenvalue weighted by atomic mass is 9.99. The van der Waals surface area contributed by atoms with Gasteiger partial charge in [0.1, 0.15) is 12.4 Å². The van der Waals surface area contributed by atoms with Crippen LogP contribution in [-0.2, 0) is 0 Å². The molecule has 0 amide bonds. The first-order valence-corrected chi connectivity index (χ1v) is 6.39. The van der Waals surface area contributed by atoms with Crippen LogP contribution in [0.2, 0.25) is 0 Å². The van der Waals surface area contributed by atoms with Gasteiger partial charge in [0.2, 0.25) is 0 Å². The first kappa shape index (κ1) is 12.4. The Hall–Kier alpha value is -1.06. The van der Waals surface area contributed by atoms with Crippen LogP contribution in [0.1, 0.15) is 12.8 Å². The number of para-hydroxylation sites is 1. The summed E-state index contributed by atoms with van der Waals surface area (Å²) in [4.78, 5) is 2.38. The molecular formula is C14H21NO2.